The van der Waals surface area contributed by atoms with E-state index in [0.29, 0.717) is 18.0 Å². The Balaban J connectivity index is 2.15. The summed E-state index contributed by atoms with van der Waals surface area (Å²) in [6.07, 6.45) is 0.912. The second kappa shape index (κ2) is 7.84. The number of carboxylic acids is 1. The van der Waals surface area contributed by atoms with Gasteiger partial charge in [-0.25, -0.2) is 0 Å². The Morgan fingerprint density at radius 2 is 2.17 bits per heavy atom. The summed E-state index contributed by atoms with van der Waals surface area (Å²) in [7, 11) is 0. The van der Waals surface area contributed by atoms with Crippen LogP contribution in [0.5, 0.6) is 0 Å². The van der Waals surface area contributed by atoms with Crippen molar-refractivity contribution in [3.63, 3.8) is 0 Å². The summed E-state index contributed by atoms with van der Waals surface area (Å²) >= 11 is 1.48. The molecule has 0 aromatic carbocycles. The maximum atomic E-state index is 11.7. The lowest BCUT2D eigenvalue weighted by atomic mass is 10.3. The zero-order valence-corrected chi connectivity index (χ0v) is 11.1. The van der Waals surface area contributed by atoms with Crippen LogP contribution in [0.2, 0.25) is 0 Å². The Labute approximate surface area is 110 Å². The number of aryl methyl sites for hydroxylation is 1. The van der Waals surface area contributed by atoms with Gasteiger partial charge in [0.2, 0.25) is 0 Å². The van der Waals surface area contributed by atoms with E-state index < -0.39 is 5.97 Å². The molecule has 0 spiro atoms. The van der Waals surface area contributed by atoms with Crippen molar-refractivity contribution >= 4 is 23.2 Å². The third-order valence-electron chi connectivity index (χ3n) is 2.23. The van der Waals surface area contributed by atoms with E-state index in [0.717, 1.165) is 6.42 Å². The predicted molar refractivity (Wildman–Crippen MR) is 69.1 cm³/mol. The molecule has 0 radical (unpaired) electrons. The van der Waals surface area contributed by atoms with Crippen LogP contribution in [-0.2, 0) is 16.0 Å². The van der Waals surface area contributed by atoms with Gasteiger partial charge in [-0.3, -0.25) is 9.59 Å². The van der Waals surface area contributed by atoms with Gasteiger partial charge < -0.3 is 15.2 Å². The molecular formula is C12H17NO4S. The molecule has 100 valence electrons. The largest absolute Gasteiger partial charge is 0.481 e. The van der Waals surface area contributed by atoms with Gasteiger partial charge in [-0.1, -0.05) is 6.92 Å². The summed E-state index contributed by atoms with van der Waals surface area (Å²) in [5.74, 6) is -0.994. The van der Waals surface area contributed by atoms with Gasteiger partial charge in [0.15, 0.2) is 0 Å². The van der Waals surface area contributed by atoms with Crippen LogP contribution >= 0.6 is 11.3 Å². The van der Waals surface area contributed by atoms with Crippen molar-refractivity contribution in [1.29, 1.82) is 0 Å². The van der Waals surface area contributed by atoms with Crippen LogP contribution in [0, 0.1) is 0 Å². The molecule has 1 aromatic heterocycles. The summed E-state index contributed by atoms with van der Waals surface area (Å²) < 4.78 is 5.06. The number of hydrogen-bond acceptors (Lipinski definition) is 4. The number of ether oxygens (including phenoxy) is 1. The molecule has 0 aliphatic rings. The molecule has 0 unspecified atom stereocenters. The first kappa shape index (κ1) is 14.7. The van der Waals surface area contributed by atoms with Gasteiger partial charge in [0.05, 0.1) is 24.5 Å². The van der Waals surface area contributed by atoms with E-state index in [-0.39, 0.29) is 18.9 Å². The summed E-state index contributed by atoms with van der Waals surface area (Å²) in [4.78, 5) is 23.7. The molecule has 2 N–H and O–H groups in total. The molecule has 5 nitrogen and oxygen atoms in total. The van der Waals surface area contributed by atoms with Crippen molar-refractivity contribution in [3.05, 3.63) is 21.9 Å². The van der Waals surface area contributed by atoms with Crippen LogP contribution in [0.15, 0.2) is 12.1 Å². The van der Waals surface area contributed by atoms with E-state index >= 15 is 0 Å². The van der Waals surface area contributed by atoms with Crippen LogP contribution in [0.4, 0.5) is 0 Å². The lowest BCUT2D eigenvalue weighted by molar-refractivity contribution is -0.138. The Morgan fingerprint density at radius 1 is 1.39 bits per heavy atom. The lowest BCUT2D eigenvalue weighted by Gasteiger charge is -2.04. The van der Waals surface area contributed by atoms with Crippen LogP contribution in [0.3, 0.4) is 0 Å². The van der Waals surface area contributed by atoms with Gasteiger partial charge in [-0.15, -0.1) is 11.3 Å². The van der Waals surface area contributed by atoms with Crippen molar-refractivity contribution in [2.24, 2.45) is 0 Å². The first-order valence-electron chi connectivity index (χ1n) is 5.80. The summed E-state index contributed by atoms with van der Waals surface area (Å²) in [6.45, 7) is 2.93. The van der Waals surface area contributed by atoms with Gasteiger partial charge >= 0.3 is 5.97 Å². The van der Waals surface area contributed by atoms with Crippen molar-refractivity contribution in [2.45, 2.75) is 19.8 Å². The van der Waals surface area contributed by atoms with Crippen molar-refractivity contribution in [2.75, 3.05) is 19.8 Å². The Hall–Kier alpha value is -1.40. The van der Waals surface area contributed by atoms with Gasteiger partial charge in [-0.2, -0.15) is 0 Å². The highest BCUT2D eigenvalue weighted by atomic mass is 32.1. The Bertz CT molecular complexity index is 403. The number of hydrogen-bond donors (Lipinski definition) is 2. The molecule has 18 heavy (non-hydrogen) atoms. The molecule has 0 aliphatic carbocycles. The molecule has 0 aliphatic heterocycles. The SMILES string of the molecule is CCc1ccc(C(=O)NCCOCCC(=O)O)s1. The van der Waals surface area contributed by atoms with Gasteiger partial charge in [-0.05, 0) is 18.6 Å². The van der Waals surface area contributed by atoms with Crippen molar-refractivity contribution < 1.29 is 19.4 Å². The molecule has 0 bridgehead atoms. The monoisotopic (exact) mass is 271 g/mol. The first-order chi connectivity index (χ1) is 8.63. The number of rotatable bonds is 8. The first-order valence-corrected chi connectivity index (χ1v) is 6.61. The fourth-order valence-corrected chi connectivity index (χ4v) is 2.14. The van der Waals surface area contributed by atoms with Crippen molar-refractivity contribution in [1.82, 2.24) is 5.32 Å². The molecule has 0 saturated heterocycles. The van der Waals surface area contributed by atoms with Gasteiger partial charge in [0, 0.05) is 11.4 Å². The highest BCUT2D eigenvalue weighted by Crippen LogP contribution is 2.16. The number of thiophene rings is 1. The van der Waals surface area contributed by atoms with E-state index in [1.54, 1.807) is 0 Å². The third-order valence-corrected chi connectivity index (χ3v) is 3.45. The zero-order chi connectivity index (χ0) is 13.4. The minimum Gasteiger partial charge on any atom is -0.481 e. The number of carboxylic acid groups (broad SMARTS) is 1. The minimum absolute atomic E-state index is 0.0151. The molecule has 1 heterocycles. The second-order valence-electron chi connectivity index (χ2n) is 3.63. The van der Waals surface area contributed by atoms with E-state index in [2.05, 4.69) is 5.32 Å². The molecule has 0 atom stereocenters. The standard InChI is InChI=1S/C12H17NO4S/c1-2-9-3-4-10(18-9)12(16)13-6-8-17-7-5-11(14)15/h3-4H,2,5-8H2,1H3,(H,13,16)(H,14,15). The van der Waals surface area contributed by atoms with Crippen LogP contribution in [0.1, 0.15) is 27.9 Å². The number of carbonyl (C=O) groups excluding carboxylic acids is 1. The molecule has 0 fully saturated rings. The Kier molecular flexibility index (Phi) is 6.38. The van der Waals surface area contributed by atoms with Crippen molar-refractivity contribution in [3.8, 4) is 0 Å². The maximum Gasteiger partial charge on any atom is 0.305 e. The average Bonchev–Trinajstić information content (AvgIpc) is 2.81. The second-order valence-corrected chi connectivity index (χ2v) is 4.80. The number of aliphatic carboxylic acids is 1. The molecular weight excluding hydrogens is 254 g/mol. The highest BCUT2D eigenvalue weighted by Gasteiger charge is 2.07. The third kappa shape index (κ3) is 5.29. The van der Waals surface area contributed by atoms with Crippen LogP contribution in [-0.4, -0.2) is 36.7 Å². The zero-order valence-electron chi connectivity index (χ0n) is 10.3. The molecule has 0 saturated carbocycles. The van der Waals surface area contributed by atoms with E-state index in [1.165, 1.54) is 16.2 Å². The molecule has 1 amide bonds. The van der Waals surface area contributed by atoms with Gasteiger partial charge in [0.1, 0.15) is 0 Å². The van der Waals surface area contributed by atoms with Crippen LogP contribution in [0.25, 0.3) is 0 Å². The van der Waals surface area contributed by atoms with E-state index in [4.69, 9.17) is 9.84 Å². The molecule has 1 rings (SSSR count). The van der Waals surface area contributed by atoms with Gasteiger partial charge in [0.25, 0.3) is 5.91 Å². The Morgan fingerprint density at radius 3 is 2.78 bits per heavy atom. The van der Waals surface area contributed by atoms with E-state index in [1.807, 2.05) is 19.1 Å². The summed E-state index contributed by atoms with van der Waals surface area (Å²) in [6, 6.07) is 3.76. The lowest BCUT2D eigenvalue weighted by Crippen LogP contribution is -2.26. The average molecular weight is 271 g/mol. The topological polar surface area (TPSA) is 75.6 Å². The predicted octanol–water partition coefficient (Wildman–Crippen LogP) is 1.53. The summed E-state index contributed by atoms with van der Waals surface area (Å²) in [5, 5.41) is 11.1. The highest BCUT2D eigenvalue weighted by molar-refractivity contribution is 7.14. The maximum absolute atomic E-state index is 11.7. The fourth-order valence-electron chi connectivity index (χ4n) is 1.28. The number of amides is 1. The smallest absolute Gasteiger partial charge is 0.305 e. The van der Waals surface area contributed by atoms with Crippen LogP contribution < -0.4 is 5.32 Å². The number of nitrogens with one attached hydrogen (secondary N) is 1. The normalized spacial score (nSPS) is 10.3. The van der Waals surface area contributed by atoms with E-state index in [9.17, 15) is 9.59 Å². The molecule has 1 aromatic rings. The minimum atomic E-state index is -0.885. The summed E-state index contributed by atoms with van der Waals surface area (Å²) in [5.41, 5.74) is 0. The fraction of sp³-hybridized carbons (Fsp3) is 0.500. The number of carbonyl (C=O) groups is 2. The molecule has 6 heteroatoms. The quantitative estimate of drug-likeness (QED) is 0.703.